The van der Waals surface area contributed by atoms with E-state index >= 15 is 0 Å². The van der Waals surface area contributed by atoms with Crippen molar-refractivity contribution in [3.05, 3.63) is 0 Å². The van der Waals surface area contributed by atoms with Crippen LogP contribution in [0, 0.1) is 59.2 Å². The minimum absolute atomic E-state index is 1.10. The third kappa shape index (κ3) is 5.47. The second kappa shape index (κ2) is 11.6. The molecule has 0 radical (unpaired) electrons. The molecule has 34 heavy (non-hydrogen) atoms. The maximum atomic E-state index is 1.67. The molecule has 0 spiro atoms. The summed E-state index contributed by atoms with van der Waals surface area (Å²) in [4.78, 5) is 0. The fourth-order valence-electron chi connectivity index (χ4n) is 11.4. The third-order valence-electron chi connectivity index (χ3n) is 13.1. The normalized spacial score (nSPS) is 48.7. The van der Waals surface area contributed by atoms with E-state index in [0.29, 0.717) is 0 Å². The second-order valence-corrected chi connectivity index (χ2v) is 14.8. The summed E-state index contributed by atoms with van der Waals surface area (Å²) in [6.07, 6.45) is 38.1. The molecule has 8 unspecified atom stereocenters. The minimum atomic E-state index is 1.10. The maximum Gasteiger partial charge on any atom is -0.0352 e. The van der Waals surface area contributed by atoms with Crippen molar-refractivity contribution in [1.82, 2.24) is 0 Å². The lowest BCUT2D eigenvalue weighted by Crippen LogP contribution is -2.33. The predicted molar refractivity (Wildman–Crippen MR) is 146 cm³/mol. The van der Waals surface area contributed by atoms with E-state index in [1.54, 1.807) is 135 Å². The van der Waals surface area contributed by atoms with Gasteiger partial charge < -0.3 is 0 Å². The Hall–Kier alpha value is 0. The number of hydrogen-bond acceptors (Lipinski definition) is 0. The van der Waals surface area contributed by atoms with Gasteiger partial charge in [0.05, 0.1) is 0 Å². The first-order valence-electron chi connectivity index (χ1n) is 16.8. The van der Waals surface area contributed by atoms with E-state index in [4.69, 9.17) is 0 Å². The molecule has 0 N–H and O–H groups in total. The fraction of sp³-hybridized carbons (Fsp3) is 1.00. The van der Waals surface area contributed by atoms with Gasteiger partial charge >= 0.3 is 0 Å². The second-order valence-electron chi connectivity index (χ2n) is 14.8. The van der Waals surface area contributed by atoms with E-state index in [2.05, 4.69) is 0 Å². The summed E-state index contributed by atoms with van der Waals surface area (Å²) in [5.41, 5.74) is 0. The molecule has 7 aliphatic rings. The van der Waals surface area contributed by atoms with E-state index in [-0.39, 0.29) is 0 Å². The molecule has 0 aliphatic heterocycles. The van der Waals surface area contributed by atoms with Gasteiger partial charge in [0.15, 0.2) is 0 Å². The summed E-state index contributed by atoms with van der Waals surface area (Å²) in [6, 6.07) is 0. The molecule has 0 aromatic rings. The highest BCUT2D eigenvalue weighted by Crippen LogP contribution is 2.57. The summed E-state index contributed by atoms with van der Waals surface area (Å²) in [5, 5.41) is 0. The molecular formula is C34H58. The van der Waals surface area contributed by atoms with Crippen LogP contribution >= 0.6 is 0 Å². The molecule has 7 rings (SSSR count). The molecule has 0 heteroatoms. The van der Waals surface area contributed by atoms with Gasteiger partial charge in [-0.15, -0.1) is 0 Å². The van der Waals surface area contributed by atoms with Crippen molar-refractivity contribution in [1.29, 1.82) is 0 Å². The highest BCUT2D eigenvalue weighted by molar-refractivity contribution is 4.97. The van der Waals surface area contributed by atoms with Gasteiger partial charge in [-0.3, -0.25) is 0 Å². The first-order valence-corrected chi connectivity index (χ1v) is 16.8. The molecule has 0 aromatic carbocycles. The summed E-state index contributed by atoms with van der Waals surface area (Å²) < 4.78 is 0. The van der Waals surface area contributed by atoms with Crippen LogP contribution in [0.25, 0.3) is 0 Å². The van der Waals surface area contributed by atoms with Crippen LogP contribution in [0.2, 0.25) is 0 Å². The van der Waals surface area contributed by atoms with E-state index in [0.717, 1.165) is 59.2 Å². The van der Waals surface area contributed by atoms with Gasteiger partial charge in [0, 0.05) is 0 Å². The Kier molecular flexibility index (Phi) is 8.30. The van der Waals surface area contributed by atoms with E-state index in [1.807, 2.05) is 0 Å². The fourth-order valence-corrected chi connectivity index (χ4v) is 11.4. The molecule has 6 bridgehead atoms. The smallest absolute Gasteiger partial charge is 0.0352 e. The van der Waals surface area contributed by atoms with Crippen molar-refractivity contribution in [2.24, 2.45) is 59.2 Å². The Morgan fingerprint density at radius 3 is 1.62 bits per heavy atom. The van der Waals surface area contributed by atoms with Gasteiger partial charge in [-0.25, -0.2) is 0 Å². The van der Waals surface area contributed by atoms with Crippen LogP contribution in [-0.4, -0.2) is 0 Å². The van der Waals surface area contributed by atoms with Crippen molar-refractivity contribution < 1.29 is 0 Å². The summed E-state index contributed by atoms with van der Waals surface area (Å²) in [7, 11) is 0. The van der Waals surface area contributed by atoms with Crippen molar-refractivity contribution in [3.63, 3.8) is 0 Å². The first kappa shape index (κ1) is 24.3. The molecule has 0 saturated heterocycles. The lowest BCUT2D eigenvalue weighted by atomic mass is 9.63. The van der Waals surface area contributed by atoms with Crippen molar-refractivity contribution in [2.45, 2.75) is 154 Å². The summed E-state index contributed by atoms with van der Waals surface area (Å²) in [5.74, 6) is 11.2. The minimum Gasteiger partial charge on any atom is -0.0533 e. The van der Waals surface area contributed by atoms with Crippen molar-refractivity contribution >= 4 is 0 Å². The average Bonchev–Trinajstić information content (AvgIpc) is 3.33. The summed E-state index contributed by atoms with van der Waals surface area (Å²) in [6.45, 7) is 0. The standard InChI is InChI=1S/C34H58/c1-2-4-10-25-18-20-27(21-19-25)33-17-9-15-30-23-31(24-34(30)33)28-13-8-14-29(22-28)32-16-7-6-12-26(32)11-5-3-1/h25-34H,1-24H2. The highest BCUT2D eigenvalue weighted by Gasteiger charge is 2.47. The molecule has 0 nitrogen and oxygen atoms in total. The topological polar surface area (TPSA) is 0 Å². The van der Waals surface area contributed by atoms with Crippen molar-refractivity contribution in [2.75, 3.05) is 0 Å². The Morgan fingerprint density at radius 2 is 0.765 bits per heavy atom. The van der Waals surface area contributed by atoms with Gasteiger partial charge in [0.25, 0.3) is 0 Å². The van der Waals surface area contributed by atoms with Crippen LogP contribution < -0.4 is 0 Å². The van der Waals surface area contributed by atoms with Gasteiger partial charge in [0.1, 0.15) is 0 Å². The summed E-state index contributed by atoms with van der Waals surface area (Å²) >= 11 is 0. The number of hydrogen-bond donors (Lipinski definition) is 0. The van der Waals surface area contributed by atoms with Gasteiger partial charge in [-0.2, -0.15) is 0 Å². The lowest BCUT2D eigenvalue weighted by molar-refractivity contribution is 0.0760. The average molecular weight is 467 g/mol. The van der Waals surface area contributed by atoms with E-state index in [1.165, 1.54) is 19.3 Å². The predicted octanol–water partition coefficient (Wildman–Crippen LogP) is 10.6. The number of rotatable bonds is 0. The van der Waals surface area contributed by atoms with Gasteiger partial charge in [-0.05, 0) is 104 Å². The first-order chi connectivity index (χ1) is 16.8. The molecule has 0 heterocycles. The van der Waals surface area contributed by atoms with E-state index in [9.17, 15) is 0 Å². The van der Waals surface area contributed by atoms with Gasteiger partial charge in [0.2, 0.25) is 0 Å². The Morgan fingerprint density at radius 1 is 0.235 bits per heavy atom. The van der Waals surface area contributed by atoms with Crippen molar-refractivity contribution in [3.8, 4) is 0 Å². The molecule has 7 aliphatic carbocycles. The Bertz CT molecular complexity index is 614. The highest BCUT2D eigenvalue weighted by atomic mass is 14.5. The molecule has 194 valence electrons. The largest absolute Gasteiger partial charge is 0.0533 e. The van der Waals surface area contributed by atoms with Crippen LogP contribution in [0.1, 0.15) is 154 Å². The maximum absolute atomic E-state index is 1.67. The monoisotopic (exact) mass is 466 g/mol. The zero-order valence-electron chi connectivity index (χ0n) is 22.7. The van der Waals surface area contributed by atoms with Gasteiger partial charge in [-0.1, -0.05) is 109 Å². The molecule has 7 saturated carbocycles. The zero-order valence-corrected chi connectivity index (χ0v) is 22.7. The van der Waals surface area contributed by atoms with E-state index < -0.39 is 0 Å². The SMILES string of the molecule is C1CCCC2CCC(CC2)C2CCCC3CC(CC32)C2CCCC(C2)C2CCCCC2CCC1. The zero-order chi connectivity index (χ0) is 22.7. The Labute approximate surface area is 213 Å². The molecule has 0 amide bonds. The molecule has 7 fully saturated rings. The lowest BCUT2D eigenvalue weighted by Gasteiger charge is -2.43. The van der Waals surface area contributed by atoms with Crippen LogP contribution in [0.3, 0.4) is 0 Å². The Balaban J connectivity index is 1.17. The third-order valence-corrected chi connectivity index (χ3v) is 13.1. The van der Waals surface area contributed by atoms with Crippen LogP contribution in [0.4, 0.5) is 0 Å². The molecular weight excluding hydrogens is 408 g/mol. The van der Waals surface area contributed by atoms with Crippen LogP contribution in [0.15, 0.2) is 0 Å². The van der Waals surface area contributed by atoms with Crippen LogP contribution in [-0.2, 0) is 0 Å². The molecule has 8 atom stereocenters. The quantitative estimate of drug-likeness (QED) is 0.333. The molecule has 0 aromatic heterocycles. The van der Waals surface area contributed by atoms with Crippen LogP contribution in [0.5, 0.6) is 0 Å². The number of fused-ring (bicyclic) bond motifs is 8.